The number of carbonyl (C=O) groups excluding carboxylic acids is 2. The standard InChI is InChI=1S/C22H19BrN2O3/c1-15-13-16(23)11-12-19(15)25-21(26)14-28-20-10-6-5-9-18(20)22(27)24-17-7-3-2-4-8-17/h2-13H,14H2,1H3,(H,24,27)(H,25,26). The minimum atomic E-state index is -0.302. The summed E-state index contributed by atoms with van der Waals surface area (Å²) in [5, 5.41) is 5.63. The first-order chi connectivity index (χ1) is 13.5. The number of para-hydroxylation sites is 2. The van der Waals surface area contributed by atoms with Crippen molar-refractivity contribution < 1.29 is 14.3 Å². The SMILES string of the molecule is Cc1cc(Br)ccc1NC(=O)COc1ccccc1C(=O)Nc1ccccc1. The number of anilines is 2. The molecule has 3 rings (SSSR count). The molecule has 0 saturated heterocycles. The Labute approximate surface area is 171 Å². The molecule has 2 N–H and O–H groups in total. The topological polar surface area (TPSA) is 67.4 Å². The van der Waals surface area contributed by atoms with Crippen LogP contribution >= 0.6 is 15.9 Å². The maximum atomic E-state index is 12.6. The van der Waals surface area contributed by atoms with E-state index in [1.165, 1.54) is 0 Å². The third-order valence-corrected chi connectivity index (χ3v) is 4.48. The molecule has 0 atom stereocenters. The third-order valence-electron chi connectivity index (χ3n) is 3.98. The predicted octanol–water partition coefficient (Wildman–Crippen LogP) is 5.03. The fourth-order valence-electron chi connectivity index (χ4n) is 2.60. The van der Waals surface area contributed by atoms with E-state index in [-0.39, 0.29) is 18.4 Å². The van der Waals surface area contributed by atoms with Crippen molar-refractivity contribution in [2.24, 2.45) is 0 Å². The summed E-state index contributed by atoms with van der Waals surface area (Å²) in [5.41, 5.74) is 2.70. The van der Waals surface area contributed by atoms with E-state index in [9.17, 15) is 9.59 Å². The average Bonchev–Trinajstić information content (AvgIpc) is 2.69. The Hall–Kier alpha value is -3.12. The molecule has 0 aromatic heterocycles. The molecular formula is C22H19BrN2O3. The summed E-state index contributed by atoms with van der Waals surface area (Å²) in [6.45, 7) is 1.70. The van der Waals surface area contributed by atoms with Gasteiger partial charge in [0.05, 0.1) is 5.56 Å². The Morgan fingerprint density at radius 1 is 0.929 bits per heavy atom. The van der Waals surface area contributed by atoms with Gasteiger partial charge in [-0.25, -0.2) is 0 Å². The number of amides is 2. The highest BCUT2D eigenvalue weighted by molar-refractivity contribution is 9.10. The molecule has 3 aromatic carbocycles. The van der Waals surface area contributed by atoms with Gasteiger partial charge in [-0.05, 0) is 55.0 Å². The van der Waals surface area contributed by atoms with Gasteiger partial charge >= 0.3 is 0 Å². The summed E-state index contributed by atoms with van der Waals surface area (Å²) < 4.78 is 6.55. The summed E-state index contributed by atoms with van der Waals surface area (Å²) in [4.78, 5) is 24.8. The minimum absolute atomic E-state index is 0.203. The van der Waals surface area contributed by atoms with E-state index in [4.69, 9.17) is 4.74 Å². The molecule has 2 amide bonds. The molecule has 0 heterocycles. The molecule has 0 fully saturated rings. The van der Waals surface area contributed by atoms with Crippen molar-refractivity contribution in [1.82, 2.24) is 0 Å². The quantitative estimate of drug-likeness (QED) is 0.567. The number of rotatable bonds is 6. The number of aryl methyl sites for hydroxylation is 1. The summed E-state index contributed by atoms with van der Waals surface area (Å²) in [7, 11) is 0. The molecule has 0 spiro atoms. The Kier molecular flexibility index (Phi) is 6.45. The zero-order valence-corrected chi connectivity index (χ0v) is 16.8. The molecule has 0 saturated carbocycles. The highest BCUT2D eigenvalue weighted by atomic mass is 79.9. The van der Waals surface area contributed by atoms with Crippen LogP contribution in [-0.4, -0.2) is 18.4 Å². The lowest BCUT2D eigenvalue weighted by atomic mass is 10.2. The van der Waals surface area contributed by atoms with Crippen LogP contribution in [0.25, 0.3) is 0 Å². The second-order valence-corrected chi connectivity index (χ2v) is 7.03. The van der Waals surface area contributed by atoms with E-state index in [0.29, 0.717) is 22.7 Å². The number of carbonyl (C=O) groups is 2. The van der Waals surface area contributed by atoms with E-state index in [2.05, 4.69) is 26.6 Å². The van der Waals surface area contributed by atoms with Crippen LogP contribution in [0, 0.1) is 6.92 Å². The van der Waals surface area contributed by atoms with Gasteiger partial charge in [-0.1, -0.05) is 46.3 Å². The molecule has 0 bridgehead atoms. The van der Waals surface area contributed by atoms with Crippen LogP contribution in [-0.2, 0) is 4.79 Å². The van der Waals surface area contributed by atoms with Gasteiger partial charge in [-0.3, -0.25) is 9.59 Å². The van der Waals surface area contributed by atoms with E-state index in [1.54, 1.807) is 36.4 Å². The summed E-state index contributed by atoms with van der Waals surface area (Å²) in [6.07, 6.45) is 0. The Morgan fingerprint density at radius 2 is 1.64 bits per heavy atom. The van der Waals surface area contributed by atoms with Crippen molar-refractivity contribution >= 4 is 39.1 Å². The van der Waals surface area contributed by atoms with Crippen molar-refractivity contribution in [2.45, 2.75) is 6.92 Å². The lowest BCUT2D eigenvalue weighted by Gasteiger charge is -2.13. The number of benzene rings is 3. The number of ether oxygens (including phenoxy) is 1. The molecule has 6 heteroatoms. The molecule has 0 aliphatic carbocycles. The van der Waals surface area contributed by atoms with Crippen molar-refractivity contribution in [3.8, 4) is 5.75 Å². The van der Waals surface area contributed by atoms with Crippen LogP contribution in [0.1, 0.15) is 15.9 Å². The van der Waals surface area contributed by atoms with E-state index in [0.717, 1.165) is 10.0 Å². The molecular weight excluding hydrogens is 420 g/mol. The average molecular weight is 439 g/mol. The first-order valence-corrected chi connectivity index (χ1v) is 9.46. The van der Waals surface area contributed by atoms with Gasteiger partial charge in [-0.15, -0.1) is 0 Å². The number of hydrogen-bond acceptors (Lipinski definition) is 3. The normalized spacial score (nSPS) is 10.2. The molecule has 28 heavy (non-hydrogen) atoms. The van der Waals surface area contributed by atoms with E-state index >= 15 is 0 Å². The van der Waals surface area contributed by atoms with Gasteiger partial charge in [0.2, 0.25) is 0 Å². The molecule has 3 aromatic rings. The van der Waals surface area contributed by atoms with Gasteiger partial charge < -0.3 is 15.4 Å². The zero-order valence-electron chi connectivity index (χ0n) is 15.2. The lowest BCUT2D eigenvalue weighted by Crippen LogP contribution is -2.22. The summed E-state index contributed by atoms with van der Waals surface area (Å²) in [5.74, 6) is -0.256. The first-order valence-electron chi connectivity index (χ1n) is 8.67. The fourth-order valence-corrected chi connectivity index (χ4v) is 3.07. The second kappa shape index (κ2) is 9.19. The van der Waals surface area contributed by atoms with Gasteiger partial charge in [-0.2, -0.15) is 0 Å². The molecule has 0 radical (unpaired) electrons. The Balaban J connectivity index is 1.64. The Morgan fingerprint density at radius 3 is 2.39 bits per heavy atom. The zero-order chi connectivity index (χ0) is 19.9. The second-order valence-electron chi connectivity index (χ2n) is 6.11. The number of nitrogens with one attached hydrogen (secondary N) is 2. The van der Waals surface area contributed by atoms with Gasteiger partial charge in [0.1, 0.15) is 5.75 Å². The maximum Gasteiger partial charge on any atom is 0.262 e. The molecule has 0 aliphatic heterocycles. The van der Waals surface area contributed by atoms with Crippen LogP contribution in [0.2, 0.25) is 0 Å². The van der Waals surface area contributed by atoms with Gasteiger partial charge in [0.15, 0.2) is 6.61 Å². The molecule has 0 unspecified atom stereocenters. The van der Waals surface area contributed by atoms with Crippen molar-refractivity contribution in [2.75, 3.05) is 17.2 Å². The molecule has 142 valence electrons. The highest BCUT2D eigenvalue weighted by Crippen LogP contribution is 2.21. The fraction of sp³-hybridized carbons (Fsp3) is 0.0909. The smallest absolute Gasteiger partial charge is 0.262 e. The van der Waals surface area contributed by atoms with Crippen LogP contribution < -0.4 is 15.4 Å². The largest absolute Gasteiger partial charge is 0.483 e. The highest BCUT2D eigenvalue weighted by Gasteiger charge is 2.14. The number of hydrogen-bond donors (Lipinski definition) is 2. The van der Waals surface area contributed by atoms with Crippen molar-refractivity contribution in [3.05, 3.63) is 88.4 Å². The summed E-state index contributed by atoms with van der Waals surface area (Å²) in [6, 6.07) is 21.6. The van der Waals surface area contributed by atoms with E-state index < -0.39 is 0 Å². The van der Waals surface area contributed by atoms with Gasteiger partial charge in [0, 0.05) is 15.8 Å². The number of halogens is 1. The van der Waals surface area contributed by atoms with Crippen molar-refractivity contribution in [1.29, 1.82) is 0 Å². The van der Waals surface area contributed by atoms with Crippen molar-refractivity contribution in [3.63, 3.8) is 0 Å². The van der Waals surface area contributed by atoms with Crippen LogP contribution in [0.15, 0.2) is 77.3 Å². The molecule has 5 nitrogen and oxygen atoms in total. The monoisotopic (exact) mass is 438 g/mol. The lowest BCUT2D eigenvalue weighted by molar-refractivity contribution is -0.118. The predicted molar refractivity (Wildman–Crippen MR) is 114 cm³/mol. The molecule has 0 aliphatic rings. The summed E-state index contributed by atoms with van der Waals surface area (Å²) >= 11 is 3.39. The van der Waals surface area contributed by atoms with Crippen LogP contribution in [0.5, 0.6) is 5.75 Å². The Bertz CT molecular complexity index is 990. The van der Waals surface area contributed by atoms with Crippen LogP contribution in [0.4, 0.5) is 11.4 Å². The van der Waals surface area contributed by atoms with Crippen LogP contribution in [0.3, 0.4) is 0 Å². The maximum absolute atomic E-state index is 12.6. The van der Waals surface area contributed by atoms with Gasteiger partial charge in [0.25, 0.3) is 11.8 Å². The third kappa shape index (κ3) is 5.20. The van der Waals surface area contributed by atoms with E-state index in [1.807, 2.05) is 43.3 Å². The minimum Gasteiger partial charge on any atom is -0.483 e. The first kappa shape index (κ1) is 19.6.